The fourth-order valence-electron chi connectivity index (χ4n) is 2.84. The van der Waals surface area contributed by atoms with Crippen LogP contribution in [0.3, 0.4) is 0 Å². The van der Waals surface area contributed by atoms with E-state index in [1.54, 1.807) is 11.8 Å². The number of nitrogens with zero attached hydrogens (tertiary/aromatic N) is 2. The van der Waals surface area contributed by atoms with E-state index >= 15 is 0 Å². The number of para-hydroxylation sites is 1. The summed E-state index contributed by atoms with van der Waals surface area (Å²) in [4.78, 5) is 1.30. The highest BCUT2D eigenvalue weighted by molar-refractivity contribution is 7.98. The van der Waals surface area contributed by atoms with Crippen LogP contribution in [0.4, 0.5) is 0 Å². The predicted octanol–water partition coefficient (Wildman–Crippen LogP) is 4.75. The number of rotatable bonds is 6. The van der Waals surface area contributed by atoms with Gasteiger partial charge in [-0.3, -0.25) is 0 Å². The van der Waals surface area contributed by atoms with Crippen LogP contribution >= 0.6 is 11.8 Å². The molecule has 0 radical (unpaired) electrons. The Bertz CT molecular complexity index is 796. The van der Waals surface area contributed by atoms with Gasteiger partial charge in [-0.05, 0) is 49.9 Å². The maximum atomic E-state index is 4.56. The summed E-state index contributed by atoms with van der Waals surface area (Å²) in [5.41, 5.74) is 4.82. The van der Waals surface area contributed by atoms with Gasteiger partial charge in [0, 0.05) is 28.7 Å². The predicted molar refractivity (Wildman–Crippen MR) is 102 cm³/mol. The van der Waals surface area contributed by atoms with E-state index in [4.69, 9.17) is 0 Å². The molecule has 0 fully saturated rings. The molecular weight excluding hydrogens is 314 g/mol. The molecule has 4 heteroatoms. The van der Waals surface area contributed by atoms with E-state index < -0.39 is 0 Å². The van der Waals surface area contributed by atoms with E-state index in [0.29, 0.717) is 0 Å². The lowest BCUT2D eigenvalue weighted by molar-refractivity contribution is 0.571. The van der Waals surface area contributed by atoms with Crippen molar-refractivity contribution in [1.82, 2.24) is 15.1 Å². The summed E-state index contributed by atoms with van der Waals surface area (Å²) in [5.74, 6) is 0. The number of thioether (sulfide) groups is 1. The van der Waals surface area contributed by atoms with Crippen molar-refractivity contribution in [3.8, 4) is 5.69 Å². The van der Waals surface area contributed by atoms with E-state index in [1.807, 2.05) is 29.1 Å². The van der Waals surface area contributed by atoms with Crippen LogP contribution in [0.2, 0.25) is 0 Å². The summed E-state index contributed by atoms with van der Waals surface area (Å²) >= 11 is 1.78. The molecule has 1 N–H and O–H groups in total. The quantitative estimate of drug-likeness (QED) is 0.658. The molecule has 1 aromatic heterocycles. The lowest BCUT2D eigenvalue weighted by atomic mass is 10.1. The van der Waals surface area contributed by atoms with Gasteiger partial charge in [0.15, 0.2) is 0 Å². The third kappa shape index (κ3) is 3.71. The molecule has 2 aromatic carbocycles. The van der Waals surface area contributed by atoms with Crippen LogP contribution in [0, 0.1) is 6.92 Å². The Morgan fingerprint density at radius 1 is 1.12 bits per heavy atom. The molecule has 1 atom stereocenters. The molecule has 0 saturated carbocycles. The van der Waals surface area contributed by atoms with Crippen molar-refractivity contribution >= 4 is 11.8 Å². The summed E-state index contributed by atoms with van der Waals surface area (Å²) in [5, 5.41) is 8.17. The lowest BCUT2D eigenvalue weighted by Crippen LogP contribution is -2.18. The van der Waals surface area contributed by atoms with E-state index in [2.05, 4.69) is 66.9 Å². The first kappa shape index (κ1) is 16.8. The Morgan fingerprint density at radius 2 is 1.92 bits per heavy atom. The second-order valence-corrected chi connectivity index (χ2v) is 6.77. The highest BCUT2D eigenvalue weighted by Crippen LogP contribution is 2.21. The van der Waals surface area contributed by atoms with E-state index in [-0.39, 0.29) is 6.04 Å². The molecular formula is C20H23N3S. The number of benzene rings is 2. The summed E-state index contributed by atoms with van der Waals surface area (Å²) in [6.45, 7) is 5.17. The molecule has 24 heavy (non-hydrogen) atoms. The van der Waals surface area contributed by atoms with Crippen molar-refractivity contribution in [3.63, 3.8) is 0 Å². The van der Waals surface area contributed by atoms with Gasteiger partial charge >= 0.3 is 0 Å². The van der Waals surface area contributed by atoms with Gasteiger partial charge in [-0.2, -0.15) is 5.10 Å². The van der Waals surface area contributed by atoms with Crippen molar-refractivity contribution < 1.29 is 0 Å². The SMILES string of the molecule is CSc1cccc(CNC(C)c2cnn(-c3ccccc3)c2C)c1. The van der Waals surface area contributed by atoms with Crippen LogP contribution in [-0.2, 0) is 6.54 Å². The zero-order valence-corrected chi connectivity index (χ0v) is 15.2. The van der Waals surface area contributed by atoms with Crippen molar-refractivity contribution in [2.75, 3.05) is 6.26 Å². The minimum absolute atomic E-state index is 0.250. The second kappa shape index (κ2) is 7.69. The number of hydrogen-bond acceptors (Lipinski definition) is 3. The lowest BCUT2D eigenvalue weighted by Gasteiger charge is -2.14. The van der Waals surface area contributed by atoms with Crippen LogP contribution in [0.1, 0.15) is 29.8 Å². The van der Waals surface area contributed by atoms with Crippen LogP contribution in [0.5, 0.6) is 0 Å². The zero-order chi connectivity index (χ0) is 16.9. The normalized spacial score (nSPS) is 12.3. The molecule has 0 saturated heterocycles. The average Bonchev–Trinajstić information content (AvgIpc) is 3.02. The molecule has 3 nitrogen and oxygen atoms in total. The number of nitrogens with one attached hydrogen (secondary N) is 1. The Hall–Kier alpha value is -2.04. The molecule has 1 heterocycles. The van der Waals surface area contributed by atoms with Crippen LogP contribution in [0.15, 0.2) is 65.7 Å². The van der Waals surface area contributed by atoms with Gasteiger partial charge < -0.3 is 5.32 Å². The van der Waals surface area contributed by atoms with Crippen molar-refractivity contribution in [2.24, 2.45) is 0 Å². The maximum Gasteiger partial charge on any atom is 0.0648 e. The average molecular weight is 337 g/mol. The van der Waals surface area contributed by atoms with E-state index in [1.165, 1.54) is 21.7 Å². The van der Waals surface area contributed by atoms with Crippen LogP contribution < -0.4 is 5.32 Å². The van der Waals surface area contributed by atoms with Crippen LogP contribution in [0.25, 0.3) is 5.69 Å². The maximum absolute atomic E-state index is 4.56. The van der Waals surface area contributed by atoms with Gasteiger partial charge in [-0.25, -0.2) is 4.68 Å². The number of aromatic nitrogens is 2. The minimum Gasteiger partial charge on any atom is -0.306 e. The smallest absolute Gasteiger partial charge is 0.0648 e. The molecule has 0 aliphatic heterocycles. The van der Waals surface area contributed by atoms with Gasteiger partial charge in [0.2, 0.25) is 0 Å². The Balaban J connectivity index is 1.71. The molecule has 3 aromatic rings. The van der Waals surface area contributed by atoms with Gasteiger partial charge in [0.1, 0.15) is 0 Å². The zero-order valence-electron chi connectivity index (χ0n) is 14.4. The Labute approximate surface area is 148 Å². The summed E-state index contributed by atoms with van der Waals surface area (Å²) in [6, 6.07) is 19.2. The first-order valence-corrected chi connectivity index (χ1v) is 9.38. The Kier molecular flexibility index (Phi) is 5.38. The highest BCUT2D eigenvalue weighted by atomic mass is 32.2. The highest BCUT2D eigenvalue weighted by Gasteiger charge is 2.13. The van der Waals surface area contributed by atoms with Gasteiger partial charge in [0.25, 0.3) is 0 Å². The monoisotopic (exact) mass is 337 g/mol. The molecule has 1 unspecified atom stereocenters. The largest absolute Gasteiger partial charge is 0.306 e. The van der Waals surface area contributed by atoms with Crippen molar-refractivity contribution in [1.29, 1.82) is 0 Å². The van der Waals surface area contributed by atoms with Crippen molar-refractivity contribution in [2.45, 2.75) is 31.3 Å². The summed E-state index contributed by atoms with van der Waals surface area (Å²) in [6.07, 6.45) is 4.08. The fraction of sp³-hybridized carbons (Fsp3) is 0.250. The third-order valence-electron chi connectivity index (χ3n) is 4.26. The molecule has 3 rings (SSSR count). The standard InChI is InChI=1S/C20H23N3S/c1-15(21-13-17-8-7-11-19(12-17)24-3)20-14-22-23(16(20)2)18-9-5-4-6-10-18/h4-12,14-15,21H,13H2,1-3H3. The van der Waals surface area contributed by atoms with Crippen LogP contribution in [-0.4, -0.2) is 16.0 Å². The molecule has 0 aliphatic rings. The van der Waals surface area contributed by atoms with E-state index in [0.717, 1.165) is 12.2 Å². The topological polar surface area (TPSA) is 29.9 Å². The summed E-state index contributed by atoms with van der Waals surface area (Å²) in [7, 11) is 0. The minimum atomic E-state index is 0.250. The summed E-state index contributed by atoms with van der Waals surface area (Å²) < 4.78 is 2.00. The first-order valence-electron chi connectivity index (χ1n) is 8.15. The second-order valence-electron chi connectivity index (χ2n) is 5.89. The van der Waals surface area contributed by atoms with Gasteiger partial charge in [-0.1, -0.05) is 30.3 Å². The van der Waals surface area contributed by atoms with Crippen molar-refractivity contribution in [3.05, 3.63) is 77.6 Å². The molecule has 124 valence electrons. The fourth-order valence-corrected chi connectivity index (χ4v) is 3.32. The third-order valence-corrected chi connectivity index (χ3v) is 4.99. The molecule has 0 spiro atoms. The van der Waals surface area contributed by atoms with Gasteiger partial charge in [0.05, 0.1) is 11.9 Å². The Morgan fingerprint density at radius 3 is 2.67 bits per heavy atom. The van der Waals surface area contributed by atoms with Gasteiger partial charge in [-0.15, -0.1) is 11.8 Å². The number of hydrogen-bond donors (Lipinski definition) is 1. The van der Waals surface area contributed by atoms with E-state index in [9.17, 15) is 0 Å². The molecule has 0 aliphatic carbocycles. The molecule has 0 bridgehead atoms. The first-order chi connectivity index (χ1) is 11.7. The molecule has 0 amide bonds.